The SMILES string of the molecule is CC(C)(C)CN1[Si]N(CC(C)(C)C)c2ccccc21.[CH]1[CH][CH][CH][CH]1.[CH]1[CH][CH][CH][CH]1.[CH]1[CH][CH][CH][CH]1.[Y]. The summed E-state index contributed by atoms with van der Waals surface area (Å²) in [6.07, 6.45) is 30.0. The Hall–Kier alpha value is 0.141. The third kappa shape index (κ3) is 15.2. The molecular formula is C31H41N2SiY. The van der Waals surface area contributed by atoms with E-state index in [4.69, 9.17) is 0 Å². The Kier molecular flexibility index (Phi) is 16.7. The van der Waals surface area contributed by atoms with Crippen LogP contribution in [0.4, 0.5) is 11.4 Å². The second kappa shape index (κ2) is 17.6. The van der Waals surface area contributed by atoms with E-state index in [-0.39, 0.29) is 32.7 Å². The van der Waals surface area contributed by atoms with Crippen molar-refractivity contribution in [3.8, 4) is 0 Å². The molecule has 0 unspecified atom stereocenters. The molecule has 0 aromatic heterocycles. The van der Waals surface area contributed by atoms with E-state index in [1.54, 1.807) is 0 Å². The van der Waals surface area contributed by atoms with Crippen LogP contribution >= 0.6 is 0 Å². The summed E-state index contributed by atoms with van der Waals surface area (Å²) in [4.78, 5) is 0. The number of rotatable bonds is 2. The van der Waals surface area contributed by atoms with Gasteiger partial charge in [-0.1, -0.05) is 53.7 Å². The Morgan fingerprint density at radius 1 is 0.486 bits per heavy atom. The molecule has 1 heterocycles. The molecule has 0 spiro atoms. The van der Waals surface area contributed by atoms with Gasteiger partial charge < -0.3 is 9.13 Å². The standard InChI is InChI=1S/C16H26N2Si.3C5H5.Y/c1-15(2,3)11-17-13-9-7-8-10-14(13)18(19-17)12-16(4,5)6;3*1-2-4-5-3-1;/h7-10H,11-12H2,1-6H3;3*1-5H;. The van der Waals surface area contributed by atoms with Crippen molar-refractivity contribution in [1.29, 1.82) is 0 Å². The number of benzene rings is 1. The third-order valence-electron chi connectivity index (χ3n) is 4.64. The van der Waals surface area contributed by atoms with Crippen molar-refractivity contribution in [3.05, 3.63) is 121 Å². The summed E-state index contributed by atoms with van der Waals surface area (Å²) in [5.74, 6) is 0. The number of hydrogen-bond acceptors (Lipinski definition) is 2. The van der Waals surface area contributed by atoms with Crippen LogP contribution < -0.4 is 9.13 Å². The van der Waals surface area contributed by atoms with Crippen molar-refractivity contribution < 1.29 is 32.7 Å². The van der Waals surface area contributed by atoms with Gasteiger partial charge in [-0.2, -0.15) is 0 Å². The fourth-order valence-electron chi connectivity index (χ4n) is 3.33. The molecule has 4 heteroatoms. The van der Waals surface area contributed by atoms with Crippen LogP contribution in [0.15, 0.2) is 24.3 Å². The van der Waals surface area contributed by atoms with Gasteiger partial charge in [-0.15, -0.1) is 0 Å². The molecule has 3 aliphatic carbocycles. The zero-order chi connectivity index (χ0) is 24.9. The summed E-state index contributed by atoms with van der Waals surface area (Å²) in [5, 5.41) is 0. The number of fused-ring (bicyclic) bond motifs is 1. The molecule has 5 rings (SSSR count). The molecule has 0 saturated heterocycles. The molecule has 1 aromatic rings. The summed E-state index contributed by atoms with van der Waals surface area (Å²) in [5.41, 5.74) is 3.47. The quantitative estimate of drug-likeness (QED) is 0.361. The largest absolute Gasteiger partial charge is 0.378 e. The Labute approximate surface area is 247 Å². The predicted octanol–water partition coefficient (Wildman–Crippen LogP) is 7.00. The first-order chi connectivity index (χ1) is 16.2. The van der Waals surface area contributed by atoms with Gasteiger partial charge in [0.2, 0.25) is 0 Å². The molecule has 35 heavy (non-hydrogen) atoms. The van der Waals surface area contributed by atoms with E-state index >= 15 is 0 Å². The van der Waals surface area contributed by atoms with Gasteiger partial charge in [-0.3, -0.25) is 0 Å². The number of anilines is 2. The monoisotopic (exact) mass is 558 g/mol. The van der Waals surface area contributed by atoms with Crippen LogP contribution in [0.25, 0.3) is 0 Å². The Balaban J connectivity index is 0.000000306. The van der Waals surface area contributed by atoms with Crippen molar-refractivity contribution in [2.75, 3.05) is 22.2 Å². The zero-order valence-corrected chi connectivity index (χ0v) is 26.2. The second-order valence-corrected chi connectivity index (χ2v) is 12.0. The van der Waals surface area contributed by atoms with Gasteiger partial charge in [0.05, 0.1) is 11.4 Å². The first kappa shape index (κ1) is 33.2. The van der Waals surface area contributed by atoms with E-state index in [1.165, 1.54) is 11.4 Å². The molecule has 3 fully saturated rings. The van der Waals surface area contributed by atoms with Crippen LogP contribution in [-0.4, -0.2) is 22.9 Å². The molecule has 3 saturated carbocycles. The van der Waals surface area contributed by atoms with Crippen LogP contribution in [0, 0.1) is 107 Å². The topological polar surface area (TPSA) is 6.48 Å². The van der Waals surface area contributed by atoms with Crippen molar-refractivity contribution in [1.82, 2.24) is 0 Å². The van der Waals surface area contributed by atoms with Crippen molar-refractivity contribution >= 4 is 21.2 Å². The van der Waals surface area contributed by atoms with Gasteiger partial charge in [0.1, 0.15) is 0 Å². The van der Waals surface area contributed by atoms with Gasteiger partial charge >= 0.3 is 9.84 Å². The van der Waals surface area contributed by atoms with Crippen molar-refractivity contribution in [2.24, 2.45) is 10.8 Å². The number of nitrogens with zero attached hydrogens (tertiary/aromatic N) is 2. The molecule has 0 bridgehead atoms. The molecule has 1 aromatic carbocycles. The molecule has 0 amide bonds. The average molecular weight is 559 g/mol. The smallest absolute Gasteiger partial charge is 0.332 e. The fourth-order valence-corrected chi connectivity index (χ4v) is 5.30. The van der Waals surface area contributed by atoms with Crippen molar-refractivity contribution in [2.45, 2.75) is 41.5 Å². The molecule has 2 nitrogen and oxygen atoms in total. The molecule has 0 atom stereocenters. The number of para-hydroxylation sites is 2. The Morgan fingerprint density at radius 2 is 0.714 bits per heavy atom. The van der Waals surface area contributed by atoms with Crippen LogP contribution in [-0.2, 0) is 32.7 Å². The predicted molar refractivity (Wildman–Crippen MR) is 150 cm³/mol. The van der Waals surface area contributed by atoms with Crippen molar-refractivity contribution in [3.63, 3.8) is 0 Å². The first-order valence-electron chi connectivity index (χ1n) is 12.1. The van der Waals surface area contributed by atoms with Crippen LogP contribution in [0.5, 0.6) is 0 Å². The van der Waals surface area contributed by atoms with Gasteiger partial charge in [0.15, 0.2) is 0 Å². The normalized spacial score (nSPS) is 18.9. The molecule has 0 N–H and O–H groups in total. The summed E-state index contributed by atoms with van der Waals surface area (Å²) in [6, 6.07) is 8.83. The van der Waals surface area contributed by atoms with E-state index in [1.807, 2.05) is 96.3 Å². The van der Waals surface area contributed by atoms with Gasteiger partial charge in [-0.25, -0.2) is 0 Å². The third-order valence-corrected chi connectivity index (χ3v) is 5.92. The summed E-state index contributed by atoms with van der Waals surface area (Å²) >= 11 is 0. The molecule has 4 aliphatic rings. The first-order valence-corrected chi connectivity index (χ1v) is 13.0. The molecular weight excluding hydrogens is 517 g/mol. The van der Waals surface area contributed by atoms with E-state index in [0.29, 0.717) is 10.8 Å². The average Bonchev–Trinajstić information content (AvgIpc) is 3.59. The van der Waals surface area contributed by atoms with Crippen LogP contribution in [0.2, 0.25) is 0 Å². The minimum absolute atomic E-state index is 0. The summed E-state index contributed by atoms with van der Waals surface area (Å²) < 4.78 is 5.09. The van der Waals surface area contributed by atoms with E-state index in [0.717, 1.165) is 22.9 Å². The molecule has 18 radical (unpaired) electrons. The maximum atomic E-state index is 2.54. The van der Waals surface area contributed by atoms with Gasteiger partial charge in [-0.05, 0) is 119 Å². The maximum Gasteiger partial charge on any atom is 0.332 e. The van der Waals surface area contributed by atoms with Gasteiger partial charge in [0.25, 0.3) is 0 Å². The summed E-state index contributed by atoms with van der Waals surface area (Å²) in [7, 11) is 0.742. The molecule has 1 aliphatic heterocycles. The van der Waals surface area contributed by atoms with E-state index in [2.05, 4.69) is 74.9 Å². The van der Waals surface area contributed by atoms with E-state index < -0.39 is 0 Å². The Bertz CT molecular complexity index is 565. The van der Waals surface area contributed by atoms with Crippen LogP contribution in [0.1, 0.15) is 41.5 Å². The van der Waals surface area contributed by atoms with Crippen LogP contribution in [0.3, 0.4) is 0 Å². The maximum absolute atomic E-state index is 2.54. The Morgan fingerprint density at radius 3 is 0.914 bits per heavy atom. The zero-order valence-electron chi connectivity index (χ0n) is 22.4. The van der Waals surface area contributed by atoms with Gasteiger partial charge in [0, 0.05) is 45.8 Å². The minimum Gasteiger partial charge on any atom is -0.378 e. The number of hydrogen-bond donors (Lipinski definition) is 0. The van der Waals surface area contributed by atoms with E-state index in [9.17, 15) is 0 Å². The second-order valence-electron chi connectivity index (χ2n) is 10.8. The summed E-state index contributed by atoms with van der Waals surface area (Å²) in [6.45, 7) is 16.1. The molecule has 182 valence electrons. The minimum atomic E-state index is 0. The fraction of sp³-hybridized carbons (Fsp3) is 0.323.